The number of nitrogens with one attached hydrogen (secondary N) is 1. The fourth-order valence-corrected chi connectivity index (χ4v) is 2.27. The third-order valence-corrected chi connectivity index (χ3v) is 3.74. The number of nitrogens with zero attached hydrogens (tertiary/aromatic N) is 1. The molecule has 1 aliphatic carbocycles. The topological polar surface area (TPSA) is 61.7 Å². The van der Waals surface area contributed by atoms with Crippen molar-refractivity contribution in [3.05, 3.63) is 53.6 Å². The van der Waals surface area contributed by atoms with E-state index in [1.807, 2.05) is 13.8 Å². The summed E-state index contributed by atoms with van der Waals surface area (Å²) < 4.78 is 0. The molecule has 2 rings (SSSR count). The van der Waals surface area contributed by atoms with Gasteiger partial charge in [0.05, 0.1) is 11.3 Å². The van der Waals surface area contributed by atoms with Crippen molar-refractivity contribution in [3.63, 3.8) is 0 Å². The van der Waals surface area contributed by atoms with Crippen LogP contribution in [0.2, 0.25) is 0 Å². The van der Waals surface area contributed by atoms with Crippen LogP contribution in [0.25, 0.3) is 0 Å². The number of benzene rings is 1. The summed E-state index contributed by atoms with van der Waals surface area (Å²) in [7, 11) is 0. The van der Waals surface area contributed by atoms with Gasteiger partial charge < -0.3 is 5.11 Å². The Morgan fingerprint density at radius 3 is 2.81 bits per heavy atom. The molecule has 21 heavy (non-hydrogen) atoms. The fraction of sp³-hybridized carbons (Fsp3) is 0.294. The van der Waals surface area contributed by atoms with Crippen LogP contribution in [-0.4, -0.2) is 16.7 Å². The van der Waals surface area contributed by atoms with Crippen LogP contribution >= 0.6 is 0 Å². The molecule has 0 aliphatic heterocycles. The van der Waals surface area contributed by atoms with Crippen LogP contribution in [0, 0.1) is 5.92 Å². The Morgan fingerprint density at radius 1 is 1.43 bits per heavy atom. The van der Waals surface area contributed by atoms with E-state index in [9.17, 15) is 9.90 Å². The standard InChI is InChI=1S/C17H20N2O2/c1-11(2)13-9-8-12(3)15(10-13)18-19-17(21)14-6-4-5-7-16(14)20/h4-8,13,20H,1,9-10H2,2-3H3,(H,19,21)/b18-15-. The van der Waals surface area contributed by atoms with Crippen molar-refractivity contribution in [1.29, 1.82) is 0 Å². The lowest BCUT2D eigenvalue weighted by atomic mass is 9.85. The Morgan fingerprint density at radius 2 is 2.14 bits per heavy atom. The molecule has 0 radical (unpaired) electrons. The van der Waals surface area contributed by atoms with Gasteiger partial charge in [0.25, 0.3) is 5.91 Å². The second-order valence-corrected chi connectivity index (χ2v) is 5.39. The average Bonchev–Trinajstić information content (AvgIpc) is 2.46. The van der Waals surface area contributed by atoms with Gasteiger partial charge in [0.1, 0.15) is 5.75 Å². The summed E-state index contributed by atoms with van der Waals surface area (Å²) >= 11 is 0. The minimum Gasteiger partial charge on any atom is -0.507 e. The number of hydrogen-bond donors (Lipinski definition) is 2. The molecule has 110 valence electrons. The highest BCUT2D eigenvalue weighted by molar-refractivity contribution is 6.02. The number of aromatic hydroxyl groups is 1. The molecule has 4 heteroatoms. The van der Waals surface area contributed by atoms with Gasteiger partial charge in [-0.05, 0) is 50.3 Å². The maximum Gasteiger partial charge on any atom is 0.275 e. The highest BCUT2D eigenvalue weighted by Gasteiger charge is 2.19. The Hall–Kier alpha value is -2.36. The quantitative estimate of drug-likeness (QED) is 0.660. The zero-order chi connectivity index (χ0) is 15.4. The minimum atomic E-state index is -0.411. The van der Waals surface area contributed by atoms with Crippen molar-refractivity contribution in [2.75, 3.05) is 0 Å². The second kappa shape index (κ2) is 6.39. The lowest BCUT2D eigenvalue weighted by Crippen LogP contribution is -2.23. The number of carbonyl (C=O) groups excluding carboxylic acids is 1. The summed E-state index contributed by atoms with van der Waals surface area (Å²) in [6.45, 7) is 7.99. The molecular weight excluding hydrogens is 264 g/mol. The Bertz CT molecular complexity index is 629. The largest absolute Gasteiger partial charge is 0.507 e. The molecule has 1 aliphatic rings. The van der Waals surface area contributed by atoms with E-state index in [0.29, 0.717) is 5.92 Å². The molecule has 1 amide bonds. The molecule has 0 aromatic heterocycles. The number of carbonyl (C=O) groups is 1. The van der Waals surface area contributed by atoms with Crippen LogP contribution in [0.4, 0.5) is 0 Å². The van der Waals surface area contributed by atoms with Crippen molar-refractivity contribution in [2.45, 2.75) is 26.7 Å². The van der Waals surface area contributed by atoms with Crippen LogP contribution in [0.5, 0.6) is 5.75 Å². The van der Waals surface area contributed by atoms with Crippen LogP contribution in [0.3, 0.4) is 0 Å². The third-order valence-electron chi connectivity index (χ3n) is 3.74. The first-order valence-electron chi connectivity index (χ1n) is 6.96. The van der Waals surface area contributed by atoms with Gasteiger partial charge >= 0.3 is 0 Å². The van der Waals surface area contributed by atoms with Crippen LogP contribution in [0.1, 0.15) is 37.0 Å². The summed E-state index contributed by atoms with van der Waals surface area (Å²) in [5.41, 5.74) is 5.79. The van der Waals surface area contributed by atoms with Crippen molar-refractivity contribution in [2.24, 2.45) is 11.0 Å². The number of hydrogen-bond acceptors (Lipinski definition) is 3. The van der Waals surface area contributed by atoms with Crippen LogP contribution in [-0.2, 0) is 0 Å². The molecule has 1 aromatic carbocycles. The summed E-state index contributed by atoms with van der Waals surface area (Å²) in [5.74, 6) is -0.0914. The SMILES string of the molecule is C=C(C)C1CC=C(C)/C(=N\NC(=O)c2ccccc2O)C1. The van der Waals surface area contributed by atoms with Gasteiger partial charge in [-0.25, -0.2) is 5.43 Å². The molecule has 0 heterocycles. The van der Waals surface area contributed by atoms with Crippen molar-refractivity contribution >= 4 is 11.6 Å². The summed E-state index contributed by atoms with van der Waals surface area (Å²) in [5, 5.41) is 13.9. The monoisotopic (exact) mass is 284 g/mol. The molecule has 4 nitrogen and oxygen atoms in total. The highest BCUT2D eigenvalue weighted by Crippen LogP contribution is 2.26. The molecular formula is C17H20N2O2. The Labute approximate surface area is 124 Å². The van der Waals surface area contributed by atoms with Gasteiger partial charge in [-0.3, -0.25) is 4.79 Å². The maximum atomic E-state index is 12.0. The first-order chi connectivity index (χ1) is 9.99. The van der Waals surface area contributed by atoms with E-state index in [1.165, 1.54) is 6.07 Å². The van der Waals surface area contributed by atoms with Gasteiger partial charge in [0.2, 0.25) is 0 Å². The average molecular weight is 284 g/mol. The van der Waals surface area contributed by atoms with Gasteiger partial charge in [0.15, 0.2) is 0 Å². The van der Waals surface area contributed by atoms with Crippen LogP contribution < -0.4 is 5.43 Å². The van der Waals surface area contributed by atoms with Gasteiger partial charge in [-0.1, -0.05) is 30.4 Å². The molecule has 1 unspecified atom stereocenters. The van der Waals surface area contributed by atoms with E-state index >= 15 is 0 Å². The number of amides is 1. The number of para-hydroxylation sites is 1. The fourth-order valence-electron chi connectivity index (χ4n) is 2.27. The maximum absolute atomic E-state index is 12.0. The van der Waals surface area contributed by atoms with E-state index in [-0.39, 0.29) is 11.3 Å². The first kappa shape index (κ1) is 15.0. The summed E-state index contributed by atoms with van der Waals surface area (Å²) in [6.07, 6.45) is 3.86. The van der Waals surface area contributed by atoms with E-state index in [2.05, 4.69) is 23.2 Å². The smallest absolute Gasteiger partial charge is 0.275 e. The second-order valence-electron chi connectivity index (χ2n) is 5.39. The number of hydrazone groups is 1. The lowest BCUT2D eigenvalue weighted by Gasteiger charge is -2.22. The Balaban J connectivity index is 2.12. The normalized spacial score (nSPS) is 20.0. The zero-order valence-corrected chi connectivity index (χ0v) is 12.4. The Kier molecular flexibility index (Phi) is 4.58. The third kappa shape index (κ3) is 3.60. The van der Waals surface area contributed by atoms with Gasteiger partial charge in [-0.2, -0.15) is 5.10 Å². The number of phenols is 1. The molecule has 1 aromatic rings. The van der Waals surface area contributed by atoms with E-state index in [4.69, 9.17) is 0 Å². The molecule has 0 fully saturated rings. The predicted molar refractivity (Wildman–Crippen MR) is 84.3 cm³/mol. The van der Waals surface area contributed by atoms with Crippen molar-refractivity contribution in [3.8, 4) is 5.75 Å². The van der Waals surface area contributed by atoms with E-state index < -0.39 is 5.91 Å². The summed E-state index contributed by atoms with van der Waals surface area (Å²) in [6, 6.07) is 6.41. The highest BCUT2D eigenvalue weighted by atomic mass is 16.3. The molecule has 0 saturated carbocycles. The number of allylic oxidation sites excluding steroid dienone is 3. The molecule has 1 atom stereocenters. The van der Waals surface area contributed by atoms with Crippen molar-refractivity contribution < 1.29 is 9.90 Å². The van der Waals surface area contributed by atoms with E-state index in [1.54, 1.807) is 18.2 Å². The van der Waals surface area contributed by atoms with Gasteiger partial charge in [0, 0.05) is 0 Å². The molecule has 0 spiro atoms. The number of rotatable bonds is 3. The van der Waals surface area contributed by atoms with Crippen molar-refractivity contribution in [1.82, 2.24) is 5.43 Å². The van der Waals surface area contributed by atoms with E-state index in [0.717, 1.165) is 29.7 Å². The van der Waals surface area contributed by atoms with Crippen LogP contribution in [0.15, 0.2) is 53.2 Å². The zero-order valence-electron chi connectivity index (χ0n) is 12.4. The predicted octanol–water partition coefficient (Wildman–Crippen LogP) is 3.41. The van der Waals surface area contributed by atoms with Gasteiger partial charge in [-0.15, -0.1) is 0 Å². The summed E-state index contributed by atoms with van der Waals surface area (Å²) in [4.78, 5) is 12.0. The molecule has 2 N–H and O–H groups in total. The molecule has 0 bridgehead atoms. The number of phenolic OH excluding ortho intramolecular Hbond substituents is 1. The lowest BCUT2D eigenvalue weighted by molar-refractivity contribution is 0.0952. The molecule has 0 saturated heterocycles. The minimum absolute atomic E-state index is 0.0501. The first-order valence-corrected chi connectivity index (χ1v) is 6.96.